The molecule has 0 bridgehead atoms. The van der Waals surface area contributed by atoms with Gasteiger partial charge in [-0.1, -0.05) is 6.07 Å². The number of hydrogen-bond donors (Lipinski definition) is 1. The number of amides is 1. The predicted molar refractivity (Wildman–Crippen MR) is 80.3 cm³/mol. The number of thiophene rings is 1. The number of aliphatic hydroxyl groups is 1. The monoisotopic (exact) mass is 306 g/mol. The highest BCUT2D eigenvalue weighted by Gasteiger charge is 2.25. The van der Waals surface area contributed by atoms with E-state index in [0.29, 0.717) is 25.4 Å². The number of nitrogens with zero attached hydrogens (tertiary/aromatic N) is 2. The van der Waals surface area contributed by atoms with Gasteiger partial charge in [0.15, 0.2) is 5.76 Å². The van der Waals surface area contributed by atoms with E-state index < -0.39 is 6.10 Å². The fraction of sp³-hybridized carbons (Fsp3) is 0.400. The van der Waals surface area contributed by atoms with Crippen molar-refractivity contribution in [1.29, 1.82) is 0 Å². The first-order valence-electron chi connectivity index (χ1n) is 7.00. The molecule has 0 aromatic carbocycles. The van der Waals surface area contributed by atoms with Crippen LogP contribution in [-0.2, 0) is 0 Å². The van der Waals surface area contributed by atoms with E-state index in [1.165, 1.54) is 6.26 Å². The van der Waals surface area contributed by atoms with Crippen LogP contribution in [-0.4, -0.2) is 53.5 Å². The summed E-state index contributed by atoms with van der Waals surface area (Å²) in [7, 11) is 0. The van der Waals surface area contributed by atoms with Gasteiger partial charge in [-0.05, 0) is 23.6 Å². The Labute approximate surface area is 127 Å². The van der Waals surface area contributed by atoms with Crippen molar-refractivity contribution < 1.29 is 14.3 Å². The summed E-state index contributed by atoms with van der Waals surface area (Å²) >= 11 is 1.57. The van der Waals surface area contributed by atoms with Gasteiger partial charge in [0.05, 0.1) is 6.26 Å². The lowest BCUT2D eigenvalue weighted by atomic mass is 10.2. The van der Waals surface area contributed by atoms with Crippen molar-refractivity contribution in [2.75, 3.05) is 32.7 Å². The zero-order valence-electron chi connectivity index (χ0n) is 11.6. The van der Waals surface area contributed by atoms with Gasteiger partial charge in [-0.3, -0.25) is 9.69 Å². The Balaban J connectivity index is 1.50. The molecule has 6 heteroatoms. The van der Waals surface area contributed by atoms with Gasteiger partial charge in [-0.2, -0.15) is 0 Å². The summed E-state index contributed by atoms with van der Waals surface area (Å²) in [4.78, 5) is 17.1. The second-order valence-electron chi connectivity index (χ2n) is 5.10. The molecule has 1 aliphatic rings. The molecule has 0 unspecified atom stereocenters. The number of rotatable bonds is 4. The molecule has 1 atom stereocenters. The topological polar surface area (TPSA) is 56.9 Å². The number of aliphatic hydroxyl groups excluding tert-OH is 1. The van der Waals surface area contributed by atoms with Gasteiger partial charge in [-0.25, -0.2) is 0 Å². The summed E-state index contributed by atoms with van der Waals surface area (Å²) in [5, 5.41) is 12.1. The maximum atomic E-state index is 12.1. The second-order valence-corrected chi connectivity index (χ2v) is 6.08. The van der Waals surface area contributed by atoms with Crippen molar-refractivity contribution >= 4 is 17.2 Å². The molecule has 0 spiro atoms. The van der Waals surface area contributed by atoms with E-state index in [1.807, 2.05) is 17.5 Å². The molecule has 0 saturated carbocycles. The van der Waals surface area contributed by atoms with Gasteiger partial charge in [0.2, 0.25) is 0 Å². The van der Waals surface area contributed by atoms with Gasteiger partial charge >= 0.3 is 0 Å². The lowest BCUT2D eigenvalue weighted by Gasteiger charge is -2.35. The van der Waals surface area contributed by atoms with Crippen molar-refractivity contribution in [3.63, 3.8) is 0 Å². The summed E-state index contributed by atoms with van der Waals surface area (Å²) in [5.74, 6) is 0.334. The maximum Gasteiger partial charge on any atom is 0.289 e. The molecule has 2 aromatic heterocycles. The van der Waals surface area contributed by atoms with Crippen LogP contribution in [0.5, 0.6) is 0 Å². The Bertz CT molecular complexity index is 560. The van der Waals surface area contributed by atoms with Gasteiger partial charge in [0.25, 0.3) is 5.91 Å². The van der Waals surface area contributed by atoms with Crippen LogP contribution in [0.1, 0.15) is 21.5 Å². The Morgan fingerprint density at radius 1 is 1.29 bits per heavy atom. The average Bonchev–Trinajstić information content (AvgIpc) is 3.20. The lowest BCUT2D eigenvalue weighted by molar-refractivity contribution is 0.0508. The number of piperazine rings is 1. The summed E-state index contributed by atoms with van der Waals surface area (Å²) in [6, 6.07) is 7.31. The second kappa shape index (κ2) is 6.43. The van der Waals surface area contributed by atoms with E-state index in [1.54, 1.807) is 28.4 Å². The number of carbonyl (C=O) groups is 1. The molecule has 1 amide bonds. The smallest absolute Gasteiger partial charge is 0.289 e. The van der Waals surface area contributed by atoms with Crippen LogP contribution < -0.4 is 0 Å². The molecule has 1 fully saturated rings. The zero-order chi connectivity index (χ0) is 14.7. The Morgan fingerprint density at radius 2 is 2.10 bits per heavy atom. The largest absolute Gasteiger partial charge is 0.459 e. The van der Waals surface area contributed by atoms with Crippen molar-refractivity contribution in [3.8, 4) is 0 Å². The number of hydrogen-bond acceptors (Lipinski definition) is 5. The molecule has 1 aliphatic heterocycles. The minimum Gasteiger partial charge on any atom is -0.459 e. The molecule has 2 aromatic rings. The standard InChI is InChI=1S/C15H18N2O3S/c18-12(14-4-2-10-21-14)11-16-5-7-17(8-6-16)15(19)13-3-1-9-20-13/h1-4,9-10,12,18H,5-8,11H2/t12-/m1/s1. The number of carbonyl (C=O) groups excluding carboxylic acids is 1. The van der Waals surface area contributed by atoms with Crippen LogP contribution in [0.25, 0.3) is 0 Å². The molecule has 112 valence electrons. The summed E-state index contributed by atoms with van der Waals surface area (Å²) in [6.07, 6.45) is 1.07. The minimum atomic E-state index is -0.447. The van der Waals surface area contributed by atoms with Crippen LogP contribution in [0.2, 0.25) is 0 Å². The average molecular weight is 306 g/mol. The number of β-amino-alcohol motifs (C(OH)–C–C–N with tert-alkyl or cyclic N) is 1. The fourth-order valence-electron chi connectivity index (χ4n) is 2.51. The van der Waals surface area contributed by atoms with E-state index in [-0.39, 0.29) is 5.91 Å². The summed E-state index contributed by atoms with van der Waals surface area (Å²) < 4.78 is 5.15. The third-order valence-corrected chi connectivity index (χ3v) is 4.67. The third-order valence-electron chi connectivity index (χ3n) is 3.69. The van der Waals surface area contributed by atoms with E-state index in [0.717, 1.165) is 18.0 Å². The highest BCUT2D eigenvalue weighted by Crippen LogP contribution is 2.20. The van der Waals surface area contributed by atoms with Crippen LogP contribution >= 0.6 is 11.3 Å². The first kappa shape index (κ1) is 14.3. The fourth-order valence-corrected chi connectivity index (χ4v) is 3.21. The molecule has 21 heavy (non-hydrogen) atoms. The van der Waals surface area contributed by atoms with E-state index in [4.69, 9.17) is 4.42 Å². The first-order chi connectivity index (χ1) is 10.2. The van der Waals surface area contributed by atoms with Crippen molar-refractivity contribution in [3.05, 3.63) is 46.5 Å². The third kappa shape index (κ3) is 3.34. The van der Waals surface area contributed by atoms with Crippen LogP contribution in [0.3, 0.4) is 0 Å². The van der Waals surface area contributed by atoms with Crippen LogP contribution in [0.15, 0.2) is 40.3 Å². The summed E-state index contributed by atoms with van der Waals surface area (Å²) in [6.45, 7) is 3.49. The molecule has 3 heterocycles. The first-order valence-corrected chi connectivity index (χ1v) is 7.88. The molecule has 3 rings (SSSR count). The Kier molecular flexibility index (Phi) is 4.38. The van der Waals surface area contributed by atoms with E-state index in [9.17, 15) is 9.90 Å². The molecule has 0 aliphatic carbocycles. The molecule has 1 N–H and O–H groups in total. The Morgan fingerprint density at radius 3 is 2.71 bits per heavy atom. The SMILES string of the molecule is O=C(c1ccco1)N1CCN(C[C@@H](O)c2cccs2)CC1. The van der Waals surface area contributed by atoms with Gasteiger partial charge in [0.1, 0.15) is 6.10 Å². The van der Waals surface area contributed by atoms with Gasteiger partial charge in [0, 0.05) is 37.6 Å². The van der Waals surface area contributed by atoms with Crippen LogP contribution in [0.4, 0.5) is 0 Å². The predicted octanol–water partition coefficient (Wildman–Crippen LogP) is 1.83. The molecule has 1 saturated heterocycles. The van der Waals surface area contributed by atoms with Gasteiger partial charge in [-0.15, -0.1) is 11.3 Å². The Hall–Kier alpha value is -1.63. The minimum absolute atomic E-state index is 0.0570. The van der Waals surface area contributed by atoms with E-state index in [2.05, 4.69) is 4.90 Å². The highest BCUT2D eigenvalue weighted by molar-refractivity contribution is 7.10. The van der Waals surface area contributed by atoms with Crippen molar-refractivity contribution in [1.82, 2.24) is 9.80 Å². The van der Waals surface area contributed by atoms with Gasteiger partial charge < -0.3 is 14.4 Å². The van der Waals surface area contributed by atoms with Crippen molar-refractivity contribution in [2.24, 2.45) is 0 Å². The summed E-state index contributed by atoms with van der Waals surface area (Å²) in [5.41, 5.74) is 0. The maximum absolute atomic E-state index is 12.1. The molecular formula is C15H18N2O3S. The highest BCUT2D eigenvalue weighted by atomic mass is 32.1. The molecular weight excluding hydrogens is 288 g/mol. The van der Waals surface area contributed by atoms with Crippen molar-refractivity contribution in [2.45, 2.75) is 6.10 Å². The lowest BCUT2D eigenvalue weighted by Crippen LogP contribution is -2.49. The zero-order valence-corrected chi connectivity index (χ0v) is 12.5. The quantitative estimate of drug-likeness (QED) is 0.936. The number of furan rings is 1. The molecule has 5 nitrogen and oxygen atoms in total. The van der Waals surface area contributed by atoms with Crippen LogP contribution in [0, 0.1) is 0 Å². The van der Waals surface area contributed by atoms with E-state index >= 15 is 0 Å². The molecule has 0 radical (unpaired) electrons. The normalized spacial score (nSPS) is 17.9.